The molecule has 2 aromatic carbocycles. The Balaban J connectivity index is 2.18. The fourth-order valence-electron chi connectivity index (χ4n) is 3.56. The first-order valence-electron chi connectivity index (χ1n) is 10.2. The molecule has 1 aliphatic rings. The van der Waals surface area contributed by atoms with Crippen LogP contribution in [0.15, 0.2) is 60.6 Å². The van der Waals surface area contributed by atoms with Gasteiger partial charge in [0.1, 0.15) is 11.8 Å². The van der Waals surface area contributed by atoms with E-state index in [2.05, 4.69) is 18.2 Å². The highest BCUT2D eigenvalue weighted by Crippen LogP contribution is 2.46. The molecule has 1 aliphatic heterocycles. The van der Waals surface area contributed by atoms with Crippen molar-refractivity contribution in [3.8, 4) is 28.7 Å². The maximum Gasteiger partial charge on any atom is 0.335 e. The number of hydrogen-bond donors (Lipinski definition) is 0. The number of benzene rings is 2. The van der Waals surface area contributed by atoms with Crippen molar-refractivity contribution >= 4 is 29.2 Å². The summed E-state index contributed by atoms with van der Waals surface area (Å²) in [4.78, 5) is 42.3. The van der Waals surface area contributed by atoms with Crippen LogP contribution in [-0.2, 0) is 14.4 Å². The number of aliphatic imine (C=N–C) groups is 1. The average Bonchev–Trinajstić information content (AvgIpc) is 2.88. The van der Waals surface area contributed by atoms with Gasteiger partial charge in [0.15, 0.2) is 23.0 Å². The van der Waals surface area contributed by atoms with Gasteiger partial charge in [-0.3, -0.25) is 14.5 Å². The zero-order valence-corrected chi connectivity index (χ0v) is 19.7. The van der Waals surface area contributed by atoms with E-state index in [1.54, 1.807) is 24.3 Å². The first kappa shape index (κ1) is 25.0. The predicted molar refractivity (Wildman–Crippen MR) is 128 cm³/mol. The molecule has 0 aliphatic carbocycles. The molecule has 2 aromatic rings. The smallest absolute Gasteiger partial charge is 0.335 e. The number of rotatable bonds is 9. The topological polar surface area (TPSA) is 113 Å². The minimum absolute atomic E-state index is 0.0187. The highest BCUT2D eigenvalue weighted by Gasteiger charge is 2.47. The number of carbonyl (C=O) groups excluding carboxylic acids is 3. The molecule has 0 spiro atoms. The predicted octanol–water partition coefficient (Wildman–Crippen LogP) is 3.05. The summed E-state index contributed by atoms with van der Waals surface area (Å²) >= 11 is 0. The van der Waals surface area contributed by atoms with Crippen LogP contribution in [0.25, 0.3) is 0 Å². The monoisotopic (exact) mass is 480 g/mol. The Morgan fingerprint density at radius 1 is 0.886 bits per heavy atom. The van der Waals surface area contributed by atoms with Gasteiger partial charge in [-0.25, -0.2) is 9.79 Å². The fraction of sp³-hybridized carbons (Fsp3) is 0.200. The molecule has 1 atom stereocenters. The van der Waals surface area contributed by atoms with Gasteiger partial charge in [0, 0.05) is 18.2 Å². The molecule has 1 fully saturated rings. The van der Waals surface area contributed by atoms with E-state index in [1.807, 2.05) is 0 Å². The third-order valence-electron chi connectivity index (χ3n) is 5.17. The molecule has 182 valence electrons. The molecule has 1 saturated heterocycles. The third-order valence-corrected chi connectivity index (χ3v) is 5.17. The molecule has 0 N–H and O–H groups in total. The molecule has 1 heterocycles. The molecule has 0 bridgehead atoms. The number of hydrogen-bond acceptors (Lipinski definition) is 8. The maximum atomic E-state index is 13.2. The van der Waals surface area contributed by atoms with Gasteiger partial charge in [-0.15, -0.1) is 0 Å². The summed E-state index contributed by atoms with van der Waals surface area (Å²) in [6, 6.07) is 7.16. The van der Waals surface area contributed by atoms with Crippen LogP contribution in [0.4, 0.5) is 5.69 Å². The van der Waals surface area contributed by atoms with E-state index in [4.69, 9.17) is 23.7 Å². The van der Waals surface area contributed by atoms with E-state index in [1.165, 1.54) is 39.4 Å². The average molecular weight is 480 g/mol. The summed E-state index contributed by atoms with van der Waals surface area (Å²) in [5, 5.41) is 0. The molecule has 0 unspecified atom stereocenters. The van der Waals surface area contributed by atoms with Gasteiger partial charge in [-0.1, -0.05) is 19.2 Å². The van der Waals surface area contributed by atoms with Gasteiger partial charge in [0.2, 0.25) is 5.75 Å². The summed E-state index contributed by atoms with van der Waals surface area (Å²) in [5.74, 6) is -0.477. The van der Waals surface area contributed by atoms with Crippen molar-refractivity contribution in [1.82, 2.24) is 0 Å². The normalized spacial score (nSPS) is 15.7. The number of esters is 1. The first-order chi connectivity index (χ1) is 16.8. The second kappa shape index (κ2) is 10.6. The van der Waals surface area contributed by atoms with Crippen molar-refractivity contribution in [2.45, 2.75) is 6.04 Å². The molecular weight excluding hydrogens is 456 g/mol. The van der Waals surface area contributed by atoms with Crippen LogP contribution in [0.3, 0.4) is 0 Å². The second-order valence-electron chi connectivity index (χ2n) is 7.04. The van der Waals surface area contributed by atoms with Gasteiger partial charge in [-0.2, -0.15) is 0 Å². The van der Waals surface area contributed by atoms with Crippen molar-refractivity contribution in [3.63, 3.8) is 0 Å². The van der Waals surface area contributed by atoms with Crippen LogP contribution in [-0.4, -0.2) is 51.9 Å². The van der Waals surface area contributed by atoms with Gasteiger partial charge in [-0.05, 0) is 23.8 Å². The molecule has 10 nitrogen and oxygen atoms in total. The number of β-lactam (4-membered cyclic amide) rings is 1. The molecule has 3 rings (SSSR count). The van der Waals surface area contributed by atoms with E-state index in [-0.39, 0.29) is 17.2 Å². The van der Waals surface area contributed by atoms with E-state index in [0.29, 0.717) is 28.5 Å². The highest BCUT2D eigenvalue weighted by atomic mass is 16.6. The Kier molecular flexibility index (Phi) is 7.55. The zero-order chi connectivity index (χ0) is 25.7. The summed E-state index contributed by atoms with van der Waals surface area (Å²) in [6.45, 7) is 6.79. The zero-order valence-electron chi connectivity index (χ0n) is 19.7. The van der Waals surface area contributed by atoms with Gasteiger partial charge in [0.25, 0.3) is 11.8 Å². The Hall–Kier alpha value is -4.60. The van der Waals surface area contributed by atoms with Crippen molar-refractivity contribution in [1.29, 1.82) is 0 Å². The second-order valence-corrected chi connectivity index (χ2v) is 7.04. The number of amides is 2. The summed E-state index contributed by atoms with van der Waals surface area (Å²) in [6.07, 6.45) is 2.02. The Morgan fingerprint density at radius 3 is 2.03 bits per heavy atom. The van der Waals surface area contributed by atoms with Crippen molar-refractivity contribution in [2.75, 3.05) is 33.3 Å². The van der Waals surface area contributed by atoms with E-state index < -0.39 is 23.8 Å². The number of ether oxygens (including phenoxy) is 5. The van der Waals surface area contributed by atoms with Crippen LogP contribution >= 0.6 is 0 Å². The largest absolute Gasteiger partial charge is 0.493 e. The summed E-state index contributed by atoms with van der Waals surface area (Å²) in [7, 11) is 5.79. The first-order valence-corrected chi connectivity index (χ1v) is 10.2. The van der Waals surface area contributed by atoms with Crippen molar-refractivity contribution in [2.24, 2.45) is 4.99 Å². The number of carbonyl (C=O) groups is 3. The molecule has 10 heteroatoms. The van der Waals surface area contributed by atoms with Crippen LogP contribution < -0.4 is 28.6 Å². The fourth-order valence-corrected chi connectivity index (χ4v) is 3.56. The molecule has 0 radical (unpaired) electrons. The molecule has 2 amide bonds. The van der Waals surface area contributed by atoms with Gasteiger partial charge in [0.05, 0.1) is 34.1 Å². The van der Waals surface area contributed by atoms with E-state index in [0.717, 1.165) is 12.2 Å². The Morgan fingerprint density at radius 2 is 1.51 bits per heavy atom. The molecular formula is C25H24N2O8. The van der Waals surface area contributed by atoms with Crippen molar-refractivity contribution in [3.05, 3.63) is 61.2 Å². The standard InChI is InChI=1S/C25H24N2O8/c1-7-20(28)26-22-23(14-9-10-16(31-3)17(11-14)35-21(29)8-2)27(25(22)30)15-12-18(32-4)24(34-6)19(13-15)33-5/h7-13,23H,1-2H2,3-6H3/t23-/m0/s1. The van der Waals surface area contributed by atoms with Crippen LogP contribution in [0, 0.1) is 0 Å². The van der Waals surface area contributed by atoms with Gasteiger partial charge >= 0.3 is 5.97 Å². The van der Waals surface area contributed by atoms with E-state index >= 15 is 0 Å². The number of methoxy groups -OCH3 is 4. The van der Waals surface area contributed by atoms with Crippen LogP contribution in [0.2, 0.25) is 0 Å². The summed E-state index contributed by atoms with van der Waals surface area (Å²) in [5.41, 5.74) is 0.886. The minimum atomic E-state index is -0.804. The minimum Gasteiger partial charge on any atom is -0.493 e. The van der Waals surface area contributed by atoms with Gasteiger partial charge < -0.3 is 23.7 Å². The van der Waals surface area contributed by atoms with Crippen LogP contribution in [0.5, 0.6) is 28.7 Å². The van der Waals surface area contributed by atoms with E-state index in [9.17, 15) is 14.4 Å². The van der Waals surface area contributed by atoms with Crippen molar-refractivity contribution < 1.29 is 38.1 Å². The lowest BCUT2D eigenvalue weighted by Crippen LogP contribution is -2.56. The lowest BCUT2D eigenvalue weighted by molar-refractivity contribution is -0.129. The Labute approximate surface area is 202 Å². The molecule has 0 aromatic heterocycles. The highest BCUT2D eigenvalue weighted by molar-refractivity contribution is 6.55. The SMILES string of the molecule is C=CC(=O)N=C1C(=O)N(c2cc(OC)c(OC)c(OC)c2)[C@H]1c1ccc(OC)c(OC(=O)C=C)c1. The molecule has 0 saturated carbocycles. The Bertz CT molecular complexity index is 1210. The lowest BCUT2D eigenvalue weighted by Gasteiger charge is -2.41. The van der Waals surface area contributed by atoms with Crippen LogP contribution in [0.1, 0.15) is 11.6 Å². The lowest BCUT2D eigenvalue weighted by atomic mass is 9.90. The maximum absolute atomic E-state index is 13.2. The molecule has 35 heavy (non-hydrogen) atoms. The third kappa shape index (κ3) is 4.72. The quantitative estimate of drug-likeness (QED) is 0.233. The number of anilines is 1. The summed E-state index contributed by atoms with van der Waals surface area (Å²) < 4.78 is 26.7. The number of nitrogens with zero attached hydrogens (tertiary/aromatic N) is 2.